The van der Waals surface area contributed by atoms with Crippen molar-refractivity contribution in [3.05, 3.63) is 77.1 Å². The number of rotatable bonds is 7. The van der Waals surface area contributed by atoms with Gasteiger partial charge in [-0.2, -0.15) is 0 Å². The molecule has 222 valence electrons. The zero-order chi connectivity index (χ0) is 30.8. The Balaban J connectivity index is 1.80. The van der Waals surface area contributed by atoms with Crippen LogP contribution in [0.5, 0.6) is 0 Å². The summed E-state index contributed by atoms with van der Waals surface area (Å²) in [6.07, 6.45) is 1.55. The molecule has 2 N–H and O–H groups in total. The van der Waals surface area contributed by atoms with Gasteiger partial charge in [-0.05, 0) is 48.4 Å². The topological polar surface area (TPSA) is 108 Å². The van der Waals surface area contributed by atoms with E-state index in [1.807, 2.05) is 61.2 Å². The van der Waals surface area contributed by atoms with Gasteiger partial charge in [-0.15, -0.1) is 0 Å². The third-order valence-corrected chi connectivity index (χ3v) is 7.94. The van der Waals surface area contributed by atoms with Crippen molar-refractivity contribution in [1.82, 2.24) is 19.8 Å². The number of hydrogen-bond acceptors (Lipinski definition) is 6. The van der Waals surface area contributed by atoms with Crippen LogP contribution in [0.4, 0.5) is 21.7 Å². The van der Waals surface area contributed by atoms with Crippen LogP contribution in [-0.2, 0) is 9.59 Å². The van der Waals surface area contributed by atoms with Crippen LogP contribution in [0.25, 0.3) is 22.2 Å². The summed E-state index contributed by atoms with van der Waals surface area (Å²) < 4.78 is 16.3. The van der Waals surface area contributed by atoms with Crippen LogP contribution >= 0.6 is 0 Å². The molecule has 1 fully saturated rings. The molecule has 43 heavy (non-hydrogen) atoms. The van der Waals surface area contributed by atoms with E-state index in [1.54, 1.807) is 18.0 Å². The van der Waals surface area contributed by atoms with Gasteiger partial charge in [-0.25, -0.2) is 14.4 Å². The second-order valence-corrected chi connectivity index (χ2v) is 11.1. The van der Waals surface area contributed by atoms with E-state index in [0.717, 1.165) is 22.9 Å². The maximum atomic E-state index is 16.3. The van der Waals surface area contributed by atoms with Crippen LogP contribution in [0, 0.1) is 12.7 Å². The largest absolute Gasteiger partial charge is 0.384 e. The molecule has 2 aromatic carbocycles. The van der Waals surface area contributed by atoms with Gasteiger partial charge in [-0.3, -0.25) is 19.5 Å². The number of para-hydroxylation sites is 1. The molecule has 10 heteroatoms. The molecular weight excluding hydrogens is 545 g/mol. The summed E-state index contributed by atoms with van der Waals surface area (Å²) >= 11 is 0. The first-order chi connectivity index (χ1) is 20.7. The monoisotopic (exact) mass is 581 g/mol. The van der Waals surface area contributed by atoms with Gasteiger partial charge in [-0.1, -0.05) is 56.3 Å². The van der Waals surface area contributed by atoms with Crippen molar-refractivity contribution in [2.24, 2.45) is 4.99 Å². The summed E-state index contributed by atoms with van der Waals surface area (Å²) in [5.41, 5.74) is 9.26. The van der Waals surface area contributed by atoms with Crippen molar-refractivity contribution in [3.8, 4) is 11.4 Å². The summed E-state index contributed by atoms with van der Waals surface area (Å²) in [5, 5.41) is 1.48. The van der Waals surface area contributed by atoms with Crippen LogP contribution < -0.4 is 10.6 Å². The summed E-state index contributed by atoms with van der Waals surface area (Å²) in [6, 6.07) is 16.3. The van der Waals surface area contributed by atoms with Crippen LogP contribution in [0.2, 0.25) is 0 Å². The number of halogens is 1. The van der Waals surface area contributed by atoms with Gasteiger partial charge in [0.25, 0.3) is 0 Å². The van der Waals surface area contributed by atoms with Crippen LogP contribution in [-0.4, -0.2) is 71.1 Å². The number of nitrogens with two attached hydrogens (primary N) is 1. The van der Waals surface area contributed by atoms with Crippen molar-refractivity contribution >= 4 is 46.8 Å². The fourth-order valence-corrected chi connectivity index (χ4v) is 5.88. The number of fused-ring (bicyclic) bond motifs is 1. The molecule has 2 amide bonds. The minimum absolute atomic E-state index is 0.0249. The van der Waals surface area contributed by atoms with Gasteiger partial charge >= 0.3 is 0 Å². The molecule has 3 heterocycles. The van der Waals surface area contributed by atoms with Crippen molar-refractivity contribution in [2.75, 3.05) is 37.3 Å². The molecule has 5 rings (SSSR count). The summed E-state index contributed by atoms with van der Waals surface area (Å²) in [4.78, 5) is 43.7. The number of nitrogens with zero attached hydrogens (tertiary/aromatic N) is 6. The summed E-state index contributed by atoms with van der Waals surface area (Å²) in [5.74, 6) is 0.397. The van der Waals surface area contributed by atoms with E-state index in [4.69, 9.17) is 10.7 Å². The molecule has 1 saturated heterocycles. The first kappa shape index (κ1) is 29.6. The molecular formula is C33H36FN7O2. The van der Waals surface area contributed by atoms with E-state index >= 15 is 4.39 Å². The Morgan fingerprint density at radius 3 is 2.53 bits per heavy atom. The Morgan fingerprint density at radius 1 is 1.09 bits per heavy atom. The van der Waals surface area contributed by atoms with Gasteiger partial charge < -0.3 is 15.5 Å². The zero-order valence-corrected chi connectivity index (χ0v) is 25.1. The number of carbonyl (C=O) groups is 2. The van der Waals surface area contributed by atoms with Gasteiger partial charge in [0.1, 0.15) is 23.0 Å². The average molecular weight is 582 g/mol. The minimum atomic E-state index is -0.623. The lowest BCUT2D eigenvalue weighted by Crippen LogP contribution is -2.54. The maximum Gasteiger partial charge on any atom is 0.219 e. The fraction of sp³-hybridized carbons (Fsp3) is 0.303. The Morgan fingerprint density at radius 2 is 1.86 bits per heavy atom. The SMILES string of the molecule is C/N=C(\c1cc(F)c(-c2nc(N)cc3ccccc23)nc1N(C=O)c1c(C)cccc1C(C)C)N1CCN(C=O)CC1C. The number of nitrogen functional groups attached to an aromatic ring is 1. The number of pyridine rings is 2. The van der Waals surface area contributed by atoms with Gasteiger partial charge in [0.2, 0.25) is 12.8 Å². The van der Waals surface area contributed by atoms with E-state index in [-0.39, 0.29) is 35.0 Å². The zero-order valence-electron chi connectivity index (χ0n) is 25.1. The standard InChI is InChI=1S/C33H36FN7O2/c1-20(2)24-12-8-9-21(3)31(24)41(19-43)33-26(32(36-5)40-14-13-39(18-42)17-22(40)4)16-27(34)30(38-33)29-25-11-7-6-10-23(25)15-28(35)37-29/h6-12,15-16,18-20,22H,13-14,17H2,1-5H3,(H2,35,37)/b36-32+. The second-order valence-electron chi connectivity index (χ2n) is 11.1. The van der Waals surface area contributed by atoms with E-state index in [9.17, 15) is 9.59 Å². The Hall–Kier alpha value is -4.86. The number of piperazine rings is 1. The molecule has 0 saturated carbocycles. The predicted molar refractivity (Wildman–Crippen MR) is 169 cm³/mol. The quantitative estimate of drug-likeness (QED) is 0.181. The Bertz CT molecular complexity index is 1720. The van der Waals surface area contributed by atoms with Crippen LogP contribution in [0.1, 0.15) is 43.4 Å². The number of carbonyl (C=O) groups excluding carboxylic acids is 2. The van der Waals surface area contributed by atoms with Crippen molar-refractivity contribution < 1.29 is 14.0 Å². The van der Waals surface area contributed by atoms with Gasteiger partial charge in [0, 0.05) is 38.1 Å². The number of benzene rings is 2. The van der Waals surface area contributed by atoms with Gasteiger partial charge in [0.15, 0.2) is 11.6 Å². The molecule has 0 spiro atoms. The number of aliphatic imine (C=N–C) groups is 1. The lowest BCUT2D eigenvalue weighted by atomic mass is 9.97. The Kier molecular flexibility index (Phi) is 8.38. The number of hydrogen-bond donors (Lipinski definition) is 1. The first-order valence-corrected chi connectivity index (χ1v) is 14.3. The number of amides is 2. The van der Waals surface area contributed by atoms with E-state index in [0.29, 0.717) is 48.5 Å². The molecule has 4 aromatic rings. The van der Waals surface area contributed by atoms with E-state index < -0.39 is 5.82 Å². The summed E-state index contributed by atoms with van der Waals surface area (Å²) in [7, 11) is 1.63. The smallest absolute Gasteiger partial charge is 0.219 e. The number of aryl methyl sites for hydroxylation is 1. The fourth-order valence-electron chi connectivity index (χ4n) is 5.88. The Labute approximate surface area is 250 Å². The predicted octanol–water partition coefficient (Wildman–Crippen LogP) is 5.28. The molecule has 1 aliphatic heterocycles. The third-order valence-electron chi connectivity index (χ3n) is 7.94. The minimum Gasteiger partial charge on any atom is -0.384 e. The van der Waals surface area contributed by atoms with E-state index in [1.165, 1.54) is 11.0 Å². The molecule has 9 nitrogen and oxygen atoms in total. The van der Waals surface area contributed by atoms with Gasteiger partial charge in [0.05, 0.1) is 11.3 Å². The number of amidine groups is 1. The maximum absolute atomic E-state index is 16.3. The lowest BCUT2D eigenvalue weighted by molar-refractivity contribution is -0.120. The second kappa shape index (κ2) is 12.2. The normalized spacial score (nSPS) is 15.7. The molecule has 0 bridgehead atoms. The molecule has 0 radical (unpaired) electrons. The third kappa shape index (κ3) is 5.52. The average Bonchev–Trinajstić information content (AvgIpc) is 2.99. The molecule has 2 aromatic heterocycles. The molecule has 1 unspecified atom stereocenters. The molecule has 0 aliphatic carbocycles. The van der Waals surface area contributed by atoms with Crippen LogP contribution in [0.15, 0.2) is 59.6 Å². The van der Waals surface area contributed by atoms with E-state index in [2.05, 4.69) is 23.8 Å². The molecule has 1 atom stereocenters. The van der Waals surface area contributed by atoms with Crippen molar-refractivity contribution in [1.29, 1.82) is 0 Å². The number of aromatic nitrogens is 2. The lowest BCUT2D eigenvalue weighted by Gasteiger charge is -2.40. The first-order valence-electron chi connectivity index (χ1n) is 14.3. The highest BCUT2D eigenvalue weighted by atomic mass is 19.1. The highest BCUT2D eigenvalue weighted by molar-refractivity contribution is 6.07. The van der Waals surface area contributed by atoms with Crippen molar-refractivity contribution in [2.45, 2.75) is 39.7 Å². The highest BCUT2D eigenvalue weighted by Crippen LogP contribution is 2.39. The van der Waals surface area contributed by atoms with Crippen LogP contribution in [0.3, 0.4) is 0 Å². The van der Waals surface area contributed by atoms with Crippen molar-refractivity contribution in [3.63, 3.8) is 0 Å². The summed E-state index contributed by atoms with van der Waals surface area (Å²) in [6.45, 7) is 9.49. The number of anilines is 3. The highest BCUT2D eigenvalue weighted by Gasteiger charge is 2.32. The molecule has 1 aliphatic rings.